The standard InChI is InChI=1S/C17H26N4O3.C7H5ClO/c1-4-19-17(23)21-9-5-8-20(10-11-21)15-7-6-13(16(22)24-3)12-14(15)18-2;8-7-3-1-2-6(4-7)5-9/h6-7,12,18H,4-5,8-11H2,1-3H3,(H,19,23);1-5H. The molecule has 0 spiro atoms. The van der Waals surface area contributed by atoms with E-state index < -0.39 is 0 Å². The van der Waals surface area contributed by atoms with E-state index in [0.29, 0.717) is 29.2 Å². The molecule has 2 aromatic carbocycles. The fourth-order valence-electron chi connectivity index (χ4n) is 3.46. The molecule has 0 unspecified atom stereocenters. The number of benzene rings is 2. The van der Waals surface area contributed by atoms with Crippen LogP contribution in [0.15, 0.2) is 42.5 Å². The molecule has 0 aromatic heterocycles. The zero-order valence-corrected chi connectivity index (χ0v) is 20.0. The van der Waals surface area contributed by atoms with Crippen molar-refractivity contribution >= 4 is 41.3 Å². The van der Waals surface area contributed by atoms with Crippen LogP contribution in [0, 0.1) is 0 Å². The van der Waals surface area contributed by atoms with Crippen LogP contribution >= 0.6 is 11.6 Å². The summed E-state index contributed by atoms with van der Waals surface area (Å²) < 4.78 is 4.77. The molecule has 1 aliphatic rings. The number of carbonyl (C=O) groups excluding carboxylic acids is 3. The van der Waals surface area contributed by atoms with Crippen LogP contribution < -0.4 is 15.5 Å². The first-order valence-corrected chi connectivity index (χ1v) is 11.2. The molecule has 0 atom stereocenters. The summed E-state index contributed by atoms with van der Waals surface area (Å²) in [6, 6.07) is 12.3. The highest BCUT2D eigenvalue weighted by atomic mass is 35.5. The van der Waals surface area contributed by atoms with Crippen LogP contribution in [0.2, 0.25) is 5.02 Å². The van der Waals surface area contributed by atoms with Gasteiger partial charge in [-0.05, 0) is 43.7 Å². The van der Waals surface area contributed by atoms with Crippen LogP contribution in [0.4, 0.5) is 16.2 Å². The fourth-order valence-corrected chi connectivity index (χ4v) is 3.66. The Balaban J connectivity index is 0.000000357. The largest absolute Gasteiger partial charge is 0.465 e. The maximum absolute atomic E-state index is 12.0. The maximum Gasteiger partial charge on any atom is 0.337 e. The lowest BCUT2D eigenvalue weighted by atomic mass is 10.1. The molecule has 178 valence electrons. The number of methoxy groups -OCH3 is 1. The molecular formula is C24H31ClN4O4. The van der Waals surface area contributed by atoms with Crippen molar-refractivity contribution in [2.75, 3.05) is 57.1 Å². The van der Waals surface area contributed by atoms with Gasteiger partial charge < -0.3 is 25.2 Å². The van der Waals surface area contributed by atoms with E-state index in [4.69, 9.17) is 16.3 Å². The second kappa shape index (κ2) is 13.3. The third kappa shape index (κ3) is 7.68. The average molecular weight is 475 g/mol. The number of hydrogen-bond donors (Lipinski definition) is 2. The molecule has 0 bridgehead atoms. The molecule has 0 saturated carbocycles. The highest BCUT2D eigenvalue weighted by Gasteiger charge is 2.21. The van der Waals surface area contributed by atoms with Crippen molar-refractivity contribution in [2.24, 2.45) is 0 Å². The third-order valence-corrected chi connectivity index (χ3v) is 5.36. The van der Waals surface area contributed by atoms with Crippen molar-refractivity contribution < 1.29 is 19.1 Å². The van der Waals surface area contributed by atoms with Crippen molar-refractivity contribution in [2.45, 2.75) is 13.3 Å². The number of hydrogen-bond acceptors (Lipinski definition) is 6. The third-order valence-electron chi connectivity index (χ3n) is 5.12. The van der Waals surface area contributed by atoms with Crippen molar-refractivity contribution in [1.29, 1.82) is 0 Å². The number of urea groups is 1. The number of nitrogens with zero attached hydrogens (tertiary/aromatic N) is 2. The Morgan fingerprint density at radius 3 is 2.52 bits per heavy atom. The lowest BCUT2D eigenvalue weighted by Crippen LogP contribution is -2.42. The molecule has 33 heavy (non-hydrogen) atoms. The zero-order valence-electron chi connectivity index (χ0n) is 19.3. The van der Waals surface area contributed by atoms with Gasteiger partial charge in [0, 0.05) is 50.4 Å². The van der Waals surface area contributed by atoms with Crippen LogP contribution in [0.5, 0.6) is 0 Å². The summed E-state index contributed by atoms with van der Waals surface area (Å²) in [6.07, 6.45) is 1.67. The van der Waals surface area contributed by atoms with Gasteiger partial charge in [-0.15, -0.1) is 0 Å². The first-order chi connectivity index (χ1) is 15.9. The molecule has 1 aliphatic heterocycles. The number of esters is 1. The van der Waals surface area contributed by atoms with Gasteiger partial charge in [-0.1, -0.05) is 23.7 Å². The van der Waals surface area contributed by atoms with Crippen molar-refractivity contribution in [3.8, 4) is 0 Å². The van der Waals surface area contributed by atoms with Gasteiger partial charge in [-0.25, -0.2) is 9.59 Å². The number of nitrogens with one attached hydrogen (secondary N) is 2. The molecular weight excluding hydrogens is 444 g/mol. The predicted octanol–water partition coefficient (Wildman–Crippen LogP) is 3.91. The Morgan fingerprint density at radius 1 is 1.12 bits per heavy atom. The van der Waals surface area contributed by atoms with Crippen molar-refractivity contribution in [3.05, 3.63) is 58.6 Å². The molecule has 1 fully saturated rings. The van der Waals surface area contributed by atoms with Gasteiger partial charge in [-0.2, -0.15) is 0 Å². The Kier molecular flexibility index (Phi) is 10.5. The monoisotopic (exact) mass is 474 g/mol. The van der Waals surface area contributed by atoms with Gasteiger partial charge in [0.15, 0.2) is 0 Å². The smallest absolute Gasteiger partial charge is 0.337 e. The summed E-state index contributed by atoms with van der Waals surface area (Å²) >= 11 is 5.56. The Bertz CT molecular complexity index is 954. The molecule has 2 amide bonds. The van der Waals surface area contributed by atoms with E-state index in [1.165, 1.54) is 7.11 Å². The Hall–Kier alpha value is -3.26. The number of ether oxygens (including phenoxy) is 1. The maximum atomic E-state index is 12.0. The van der Waals surface area contributed by atoms with E-state index in [-0.39, 0.29) is 12.0 Å². The number of amides is 2. The van der Waals surface area contributed by atoms with Crippen LogP contribution in [0.1, 0.15) is 34.1 Å². The molecule has 1 heterocycles. The lowest BCUT2D eigenvalue weighted by molar-refractivity contribution is 0.0600. The van der Waals surface area contributed by atoms with Crippen molar-refractivity contribution in [3.63, 3.8) is 0 Å². The minimum atomic E-state index is -0.351. The first kappa shape index (κ1) is 26.0. The molecule has 0 radical (unpaired) electrons. The molecule has 3 rings (SSSR count). The summed E-state index contributed by atoms with van der Waals surface area (Å²) in [5, 5.41) is 6.59. The molecule has 2 N–H and O–H groups in total. The van der Waals surface area contributed by atoms with E-state index in [1.807, 2.05) is 24.9 Å². The highest BCUT2D eigenvalue weighted by Crippen LogP contribution is 2.28. The van der Waals surface area contributed by atoms with Gasteiger partial charge in [-0.3, -0.25) is 4.79 Å². The minimum absolute atomic E-state index is 0.00534. The first-order valence-electron chi connectivity index (χ1n) is 10.8. The number of halogens is 1. The van der Waals surface area contributed by atoms with Gasteiger partial charge in [0.2, 0.25) is 0 Å². The van der Waals surface area contributed by atoms with Crippen LogP contribution in [0.25, 0.3) is 0 Å². The van der Waals surface area contributed by atoms with Gasteiger partial charge >= 0.3 is 12.0 Å². The van der Waals surface area contributed by atoms with E-state index >= 15 is 0 Å². The second-order valence-corrected chi connectivity index (χ2v) is 7.75. The van der Waals surface area contributed by atoms with Crippen LogP contribution in [-0.2, 0) is 4.74 Å². The quantitative estimate of drug-likeness (QED) is 0.504. The molecule has 1 saturated heterocycles. The highest BCUT2D eigenvalue weighted by molar-refractivity contribution is 6.30. The number of rotatable bonds is 5. The van der Waals surface area contributed by atoms with E-state index in [1.54, 1.807) is 36.4 Å². The topological polar surface area (TPSA) is 91.0 Å². The van der Waals surface area contributed by atoms with E-state index in [2.05, 4.69) is 15.5 Å². The molecule has 9 heteroatoms. The van der Waals surface area contributed by atoms with Crippen LogP contribution in [-0.4, -0.2) is 70.1 Å². The van der Waals surface area contributed by atoms with E-state index in [9.17, 15) is 14.4 Å². The second-order valence-electron chi connectivity index (χ2n) is 7.31. The number of anilines is 2. The summed E-state index contributed by atoms with van der Waals surface area (Å²) in [7, 11) is 3.21. The summed E-state index contributed by atoms with van der Waals surface area (Å²) in [5.74, 6) is -0.351. The zero-order chi connectivity index (χ0) is 24.2. The fraction of sp³-hybridized carbons (Fsp3) is 0.375. The molecule has 8 nitrogen and oxygen atoms in total. The Morgan fingerprint density at radius 2 is 1.91 bits per heavy atom. The van der Waals surface area contributed by atoms with Gasteiger partial charge in [0.1, 0.15) is 6.29 Å². The Labute approximate surface area is 199 Å². The van der Waals surface area contributed by atoms with Crippen LogP contribution in [0.3, 0.4) is 0 Å². The normalized spacial score (nSPS) is 13.2. The summed E-state index contributed by atoms with van der Waals surface area (Å²) in [5.41, 5.74) is 3.04. The average Bonchev–Trinajstić information content (AvgIpc) is 3.10. The predicted molar refractivity (Wildman–Crippen MR) is 132 cm³/mol. The summed E-state index contributed by atoms with van der Waals surface area (Å²) in [4.78, 5) is 37.9. The number of carbonyl (C=O) groups is 3. The van der Waals surface area contributed by atoms with Crippen molar-refractivity contribution in [1.82, 2.24) is 10.2 Å². The number of aldehydes is 1. The van der Waals surface area contributed by atoms with Gasteiger partial charge in [0.25, 0.3) is 0 Å². The SMILES string of the molecule is CCNC(=O)N1CCCN(c2ccc(C(=O)OC)cc2NC)CC1.O=Cc1cccc(Cl)c1. The lowest BCUT2D eigenvalue weighted by Gasteiger charge is -2.26. The summed E-state index contributed by atoms with van der Waals surface area (Å²) in [6.45, 7) is 5.60. The van der Waals surface area contributed by atoms with Gasteiger partial charge in [0.05, 0.1) is 24.0 Å². The molecule has 0 aliphatic carbocycles. The molecule has 2 aromatic rings. The van der Waals surface area contributed by atoms with E-state index in [0.717, 1.165) is 43.7 Å². The minimum Gasteiger partial charge on any atom is -0.465 e.